The number of allylic oxidation sites excluding steroid dienone is 5. The molecule has 0 N–H and O–H groups in total. The van der Waals surface area contributed by atoms with Gasteiger partial charge in [0, 0.05) is 20.2 Å². The summed E-state index contributed by atoms with van der Waals surface area (Å²) in [6.07, 6.45) is 13.7. The van der Waals surface area contributed by atoms with Crippen molar-refractivity contribution in [2.75, 3.05) is 0 Å². The van der Waals surface area contributed by atoms with Crippen molar-refractivity contribution in [2.45, 2.75) is 25.7 Å². The topological polar surface area (TPSA) is 0 Å². The van der Waals surface area contributed by atoms with Crippen molar-refractivity contribution in [3.05, 3.63) is 198 Å². The number of hydrogen-bond acceptors (Lipinski definition) is 1. The number of fused-ring (bicyclic) bond motifs is 14. The summed E-state index contributed by atoms with van der Waals surface area (Å²) in [5.74, 6) is 0. The van der Waals surface area contributed by atoms with Crippen molar-refractivity contribution in [1.82, 2.24) is 0 Å². The van der Waals surface area contributed by atoms with Gasteiger partial charge in [-0.2, -0.15) is 0 Å². The summed E-state index contributed by atoms with van der Waals surface area (Å²) >= 11 is 1.92. The van der Waals surface area contributed by atoms with Crippen LogP contribution in [0.1, 0.15) is 41.5 Å². The number of thiophene rings is 1. The maximum Gasteiger partial charge on any atom is 0.0430 e. The van der Waals surface area contributed by atoms with Gasteiger partial charge in [0.1, 0.15) is 0 Å². The maximum absolute atomic E-state index is 2.45. The van der Waals surface area contributed by atoms with Crippen LogP contribution in [-0.4, -0.2) is 0 Å². The standard InChI is InChI=1S/C56H38S/c1-4-14-48-43(10-1)44-11-2-6-16-50(44)55-52-34-41(32-33-46(52)45-12-3-5-15-49(45)54(48)55)39-26-24-37(25-27-39)35-20-22-36(23-21-35)38-28-30-40(31-29-38)42-17-9-18-51-47-13-7-8-19-53(47)57-56(42)51/h1,3-10,12-28,30,32-34H,2,11,29,31H2. The Morgan fingerprint density at radius 1 is 0.386 bits per heavy atom. The number of hydrogen-bond donors (Lipinski definition) is 0. The van der Waals surface area contributed by atoms with E-state index in [1.807, 2.05) is 11.3 Å². The van der Waals surface area contributed by atoms with Gasteiger partial charge < -0.3 is 0 Å². The average Bonchev–Trinajstić information content (AvgIpc) is 3.68. The Morgan fingerprint density at radius 2 is 0.965 bits per heavy atom. The maximum atomic E-state index is 2.45. The molecule has 0 saturated carbocycles. The Kier molecular flexibility index (Phi) is 7.46. The highest BCUT2D eigenvalue weighted by Crippen LogP contribution is 2.46. The summed E-state index contributed by atoms with van der Waals surface area (Å²) in [7, 11) is 0. The van der Waals surface area contributed by atoms with Crippen LogP contribution in [0.4, 0.5) is 0 Å². The lowest BCUT2D eigenvalue weighted by atomic mass is 9.82. The summed E-state index contributed by atoms with van der Waals surface area (Å²) in [5.41, 5.74) is 13.4. The van der Waals surface area contributed by atoms with Crippen LogP contribution in [0.15, 0.2) is 176 Å². The lowest BCUT2D eigenvalue weighted by Gasteiger charge is -2.21. The normalized spacial score (nSPS) is 14.2. The molecule has 1 heterocycles. The zero-order valence-corrected chi connectivity index (χ0v) is 32.4. The first-order valence-corrected chi connectivity index (χ1v) is 21.1. The third-order valence-corrected chi connectivity index (χ3v) is 13.9. The molecule has 2 aliphatic carbocycles. The van der Waals surface area contributed by atoms with Crippen LogP contribution in [0.5, 0.6) is 0 Å². The molecule has 2 aliphatic rings. The van der Waals surface area contributed by atoms with E-state index in [0.29, 0.717) is 0 Å². The first-order chi connectivity index (χ1) is 28.3. The summed E-state index contributed by atoms with van der Waals surface area (Å²) in [6.45, 7) is 0. The van der Waals surface area contributed by atoms with Crippen molar-refractivity contribution < 1.29 is 0 Å². The van der Waals surface area contributed by atoms with Crippen LogP contribution >= 0.6 is 11.3 Å². The smallest absolute Gasteiger partial charge is 0.0430 e. The molecule has 1 heteroatoms. The van der Waals surface area contributed by atoms with Gasteiger partial charge in [0.2, 0.25) is 0 Å². The van der Waals surface area contributed by atoms with Gasteiger partial charge in [-0.15, -0.1) is 11.3 Å². The van der Waals surface area contributed by atoms with E-state index in [1.54, 1.807) is 0 Å². The molecular formula is C56H38S. The van der Waals surface area contributed by atoms with Gasteiger partial charge in [0.15, 0.2) is 0 Å². The van der Waals surface area contributed by atoms with Crippen LogP contribution < -0.4 is 0 Å². The minimum Gasteiger partial charge on any atom is -0.135 e. The van der Waals surface area contributed by atoms with Gasteiger partial charge in [-0.1, -0.05) is 170 Å². The second kappa shape index (κ2) is 13.0. The zero-order chi connectivity index (χ0) is 37.5. The fourth-order valence-corrected chi connectivity index (χ4v) is 11.2. The Morgan fingerprint density at radius 3 is 1.72 bits per heavy atom. The summed E-state index contributed by atoms with van der Waals surface area (Å²) in [5, 5.41) is 13.6. The Bertz CT molecular complexity index is 3370. The van der Waals surface area contributed by atoms with Crippen molar-refractivity contribution in [1.29, 1.82) is 0 Å². The number of aryl methyl sites for hydroxylation is 1. The van der Waals surface area contributed by atoms with E-state index < -0.39 is 0 Å². The van der Waals surface area contributed by atoms with Crippen LogP contribution in [0.25, 0.3) is 103 Å². The van der Waals surface area contributed by atoms with E-state index in [-0.39, 0.29) is 0 Å². The van der Waals surface area contributed by atoms with Crippen LogP contribution in [0.3, 0.4) is 0 Å². The molecule has 9 aromatic carbocycles. The van der Waals surface area contributed by atoms with Gasteiger partial charge in [0.05, 0.1) is 0 Å². The molecule has 0 spiro atoms. The van der Waals surface area contributed by atoms with E-state index in [0.717, 1.165) is 25.7 Å². The highest BCUT2D eigenvalue weighted by molar-refractivity contribution is 7.26. The summed E-state index contributed by atoms with van der Waals surface area (Å²) < 4.78 is 2.77. The summed E-state index contributed by atoms with van der Waals surface area (Å²) in [6, 6.07) is 59.1. The number of rotatable bonds is 4. The predicted molar refractivity (Wildman–Crippen MR) is 249 cm³/mol. The van der Waals surface area contributed by atoms with Gasteiger partial charge in [-0.05, 0) is 137 Å². The molecule has 0 atom stereocenters. The second-order valence-corrected chi connectivity index (χ2v) is 16.8. The second-order valence-electron chi connectivity index (χ2n) is 15.8. The van der Waals surface area contributed by atoms with Crippen LogP contribution in [-0.2, 0) is 6.42 Å². The third kappa shape index (κ3) is 5.19. The Hall–Kier alpha value is -6.54. The largest absolute Gasteiger partial charge is 0.135 e. The van der Waals surface area contributed by atoms with E-state index in [4.69, 9.17) is 0 Å². The summed E-state index contributed by atoms with van der Waals surface area (Å²) in [4.78, 5) is 0. The molecule has 0 fully saturated rings. The molecule has 0 unspecified atom stereocenters. The fraction of sp³-hybridized carbons (Fsp3) is 0.0714. The highest BCUT2D eigenvalue weighted by Gasteiger charge is 2.20. The molecule has 12 rings (SSSR count). The Balaban J connectivity index is 0.875. The zero-order valence-electron chi connectivity index (χ0n) is 31.6. The highest BCUT2D eigenvalue weighted by atomic mass is 32.1. The molecule has 1 aromatic heterocycles. The van der Waals surface area contributed by atoms with Gasteiger partial charge in [0.25, 0.3) is 0 Å². The number of benzene rings is 9. The Labute approximate surface area is 336 Å². The molecule has 0 bridgehead atoms. The minimum atomic E-state index is 1.05. The van der Waals surface area contributed by atoms with E-state index in [1.165, 1.54) is 119 Å². The molecule has 0 radical (unpaired) electrons. The molecule has 0 amide bonds. The van der Waals surface area contributed by atoms with Gasteiger partial charge >= 0.3 is 0 Å². The molecule has 10 aromatic rings. The fourth-order valence-electron chi connectivity index (χ4n) is 9.91. The quantitative estimate of drug-likeness (QED) is 0.158. The SMILES string of the molecule is C1=Cc2c(c3ccccc3c3c4ccccc4c4ccc(-c5ccc(-c6ccc(C7=CC=C(c8cccc9c8sc8ccccc89)CC7)cc6)cc5)cc4c23)CC1. The first-order valence-electron chi connectivity index (χ1n) is 20.3. The van der Waals surface area contributed by atoms with Crippen molar-refractivity contribution in [3.63, 3.8) is 0 Å². The van der Waals surface area contributed by atoms with E-state index in [9.17, 15) is 0 Å². The molecule has 0 aliphatic heterocycles. The molecular weight excluding hydrogens is 705 g/mol. The van der Waals surface area contributed by atoms with Gasteiger partial charge in [-0.25, -0.2) is 0 Å². The van der Waals surface area contributed by atoms with E-state index in [2.05, 4.69) is 182 Å². The molecule has 0 saturated heterocycles. The monoisotopic (exact) mass is 742 g/mol. The minimum absolute atomic E-state index is 1.05. The van der Waals surface area contributed by atoms with Crippen molar-refractivity contribution in [2.24, 2.45) is 0 Å². The predicted octanol–water partition coefficient (Wildman–Crippen LogP) is 16.2. The van der Waals surface area contributed by atoms with E-state index >= 15 is 0 Å². The lowest BCUT2D eigenvalue weighted by molar-refractivity contribution is 1.00. The molecule has 57 heavy (non-hydrogen) atoms. The molecule has 0 nitrogen and oxygen atoms in total. The van der Waals surface area contributed by atoms with Crippen LogP contribution in [0, 0.1) is 0 Å². The van der Waals surface area contributed by atoms with Crippen molar-refractivity contribution >= 4 is 91.8 Å². The lowest BCUT2D eigenvalue weighted by Crippen LogP contribution is -1.99. The van der Waals surface area contributed by atoms with Crippen molar-refractivity contribution in [3.8, 4) is 22.3 Å². The first kappa shape index (κ1) is 32.7. The van der Waals surface area contributed by atoms with Gasteiger partial charge in [-0.3, -0.25) is 0 Å². The average molecular weight is 743 g/mol. The molecule has 268 valence electrons. The van der Waals surface area contributed by atoms with Crippen LogP contribution in [0.2, 0.25) is 0 Å². The third-order valence-electron chi connectivity index (χ3n) is 12.7.